The number of esters is 1. The summed E-state index contributed by atoms with van der Waals surface area (Å²) >= 11 is 0. The molecule has 0 aromatic carbocycles. The lowest BCUT2D eigenvalue weighted by atomic mass is 9.85. The van der Waals surface area contributed by atoms with Gasteiger partial charge >= 0.3 is 5.97 Å². The third-order valence-corrected chi connectivity index (χ3v) is 7.34. The molecule has 238 valence electrons. The van der Waals surface area contributed by atoms with Crippen LogP contribution in [0.25, 0.3) is 0 Å². The maximum Gasteiger partial charge on any atom is 0.307 e. The van der Waals surface area contributed by atoms with Crippen molar-refractivity contribution in [2.75, 3.05) is 26.3 Å². The third kappa shape index (κ3) is 19.0. The van der Waals surface area contributed by atoms with E-state index in [0.717, 1.165) is 19.3 Å². The zero-order valence-electron chi connectivity index (χ0n) is 26.8. The summed E-state index contributed by atoms with van der Waals surface area (Å²) in [4.78, 5) is 36.6. The van der Waals surface area contributed by atoms with Crippen LogP contribution in [-0.4, -0.2) is 56.0 Å². The van der Waals surface area contributed by atoms with E-state index >= 15 is 0 Å². The van der Waals surface area contributed by atoms with Crippen LogP contribution in [0.15, 0.2) is 12.2 Å². The summed E-state index contributed by atoms with van der Waals surface area (Å²) in [6.07, 6.45) is 21.3. The van der Waals surface area contributed by atoms with E-state index in [1.807, 2.05) is 13.8 Å². The van der Waals surface area contributed by atoms with Crippen LogP contribution in [0, 0.1) is 5.41 Å². The Bertz CT molecular complexity index is 765. The number of ether oxygens (including phenoxy) is 3. The van der Waals surface area contributed by atoms with Crippen LogP contribution in [0.3, 0.4) is 0 Å². The van der Waals surface area contributed by atoms with Gasteiger partial charge in [-0.15, -0.1) is 0 Å². The fraction of sp³-hybridized carbons (Fsp3) is 0.848. The number of carbonyl (C=O) groups excluding carboxylic acids is 3. The lowest BCUT2D eigenvalue weighted by molar-refractivity contribution is -0.304. The van der Waals surface area contributed by atoms with Crippen molar-refractivity contribution in [3.05, 3.63) is 12.2 Å². The number of nitrogens with one attached hydrogen (secondary N) is 2. The Balaban J connectivity index is 1.93. The van der Waals surface area contributed by atoms with Gasteiger partial charge in [0.1, 0.15) is 6.10 Å². The van der Waals surface area contributed by atoms with Crippen molar-refractivity contribution in [2.45, 2.75) is 149 Å². The highest BCUT2D eigenvalue weighted by atomic mass is 16.7. The molecule has 0 radical (unpaired) electrons. The lowest BCUT2D eigenvalue weighted by Crippen LogP contribution is -2.56. The van der Waals surface area contributed by atoms with Gasteiger partial charge in [0.25, 0.3) is 0 Å². The molecule has 1 atom stereocenters. The summed E-state index contributed by atoms with van der Waals surface area (Å²) in [7, 11) is 0. The summed E-state index contributed by atoms with van der Waals surface area (Å²) in [5.41, 5.74) is -0.464. The second-order valence-corrected chi connectivity index (χ2v) is 12.5. The van der Waals surface area contributed by atoms with Crippen LogP contribution in [-0.2, 0) is 28.6 Å². The average Bonchev–Trinajstić information content (AvgIpc) is 2.92. The molecule has 1 aliphatic rings. The molecule has 1 fully saturated rings. The van der Waals surface area contributed by atoms with Gasteiger partial charge in [-0.25, -0.2) is 0 Å². The van der Waals surface area contributed by atoms with Crippen LogP contribution in [0.5, 0.6) is 0 Å². The third-order valence-electron chi connectivity index (χ3n) is 7.34. The predicted octanol–water partition coefficient (Wildman–Crippen LogP) is 6.76. The fourth-order valence-electron chi connectivity index (χ4n) is 4.70. The minimum absolute atomic E-state index is 0.0538. The molecule has 41 heavy (non-hydrogen) atoms. The van der Waals surface area contributed by atoms with Crippen LogP contribution in [0.4, 0.5) is 0 Å². The van der Waals surface area contributed by atoms with Crippen LogP contribution in [0.1, 0.15) is 137 Å². The van der Waals surface area contributed by atoms with Crippen LogP contribution in [0.2, 0.25) is 0 Å². The molecule has 1 unspecified atom stereocenters. The molecule has 1 heterocycles. The molecule has 0 aliphatic carbocycles. The van der Waals surface area contributed by atoms with Crippen molar-refractivity contribution in [3.8, 4) is 0 Å². The van der Waals surface area contributed by atoms with E-state index in [2.05, 4.69) is 29.7 Å². The smallest absolute Gasteiger partial charge is 0.307 e. The van der Waals surface area contributed by atoms with Gasteiger partial charge in [0, 0.05) is 24.9 Å². The number of hydrogen-bond acceptors (Lipinski definition) is 6. The zero-order valence-corrected chi connectivity index (χ0v) is 26.8. The normalized spacial score (nSPS) is 17.8. The van der Waals surface area contributed by atoms with Gasteiger partial charge in [-0.1, -0.05) is 84.3 Å². The lowest BCUT2D eigenvalue weighted by Gasteiger charge is -2.44. The van der Waals surface area contributed by atoms with Gasteiger partial charge in [0.05, 0.1) is 19.6 Å². The first kappa shape index (κ1) is 37.1. The highest BCUT2D eigenvalue weighted by Gasteiger charge is 2.45. The van der Waals surface area contributed by atoms with E-state index in [-0.39, 0.29) is 37.4 Å². The zero-order chi connectivity index (χ0) is 30.4. The number of allylic oxidation sites excluding steroid dienone is 2. The van der Waals surface area contributed by atoms with Crippen LogP contribution < -0.4 is 10.6 Å². The molecule has 0 saturated carbocycles. The topological polar surface area (TPSA) is 103 Å². The Morgan fingerprint density at radius 3 is 2.05 bits per heavy atom. The SMILES string of the molecule is CCCCCCCCC=CCCCCCCCC(=O)NCCCOC(=O)CCNC(=O)C1OC(C)(C)OCC1(C)C. The Kier molecular flexibility index (Phi) is 19.7. The quantitative estimate of drug-likeness (QED) is 0.0787. The Hall–Kier alpha value is -1.93. The average molecular weight is 581 g/mol. The maximum absolute atomic E-state index is 12.6. The Labute approximate surface area is 250 Å². The van der Waals surface area contributed by atoms with Crippen molar-refractivity contribution in [2.24, 2.45) is 5.41 Å². The van der Waals surface area contributed by atoms with Crippen molar-refractivity contribution in [1.29, 1.82) is 0 Å². The van der Waals surface area contributed by atoms with E-state index in [0.29, 0.717) is 26.0 Å². The van der Waals surface area contributed by atoms with Crippen molar-refractivity contribution in [1.82, 2.24) is 10.6 Å². The molecule has 0 aromatic heterocycles. The minimum Gasteiger partial charge on any atom is -0.466 e. The van der Waals surface area contributed by atoms with E-state index in [1.54, 1.807) is 13.8 Å². The van der Waals surface area contributed by atoms with Crippen molar-refractivity contribution >= 4 is 17.8 Å². The number of amides is 2. The van der Waals surface area contributed by atoms with E-state index in [9.17, 15) is 14.4 Å². The first-order valence-electron chi connectivity index (χ1n) is 16.2. The summed E-state index contributed by atoms with van der Waals surface area (Å²) in [6, 6.07) is 0. The Morgan fingerprint density at radius 2 is 1.39 bits per heavy atom. The van der Waals surface area contributed by atoms with E-state index in [4.69, 9.17) is 14.2 Å². The number of unbranched alkanes of at least 4 members (excludes halogenated alkanes) is 11. The molecule has 8 heteroatoms. The van der Waals surface area contributed by atoms with E-state index in [1.165, 1.54) is 64.2 Å². The molecule has 0 aromatic rings. The largest absolute Gasteiger partial charge is 0.466 e. The molecular formula is C33H60N2O6. The summed E-state index contributed by atoms with van der Waals surface area (Å²) < 4.78 is 16.7. The maximum atomic E-state index is 12.6. The van der Waals surface area contributed by atoms with Crippen LogP contribution >= 0.6 is 0 Å². The van der Waals surface area contributed by atoms with Crippen molar-refractivity contribution < 1.29 is 28.6 Å². The second-order valence-electron chi connectivity index (χ2n) is 12.5. The molecular weight excluding hydrogens is 520 g/mol. The second kappa shape index (κ2) is 21.7. The van der Waals surface area contributed by atoms with Gasteiger partial charge in [-0.2, -0.15) is 0 Å². The van der Waals surface area contributed by atoms with Gasteiger partial charge in [-0.3, -0.25) is 14.4 Å². The molecule has 8 nitrogen and oxygen atoms in total. The standard InChI is InChI=1S/C33H60N2O6/c1-6-7-8-9-10-11-12-13-14-15-16-17-18-19-20-22-28(36)34-24-21-26-39-29(37)23-25-35-31(38)30-32(2,3)27-40-33(4,5)41-30/h13-14,30H,6-12,15-27H2,1-5H3,(H,34,36)(H,35,38). The summed E-state index contributed by atoms with van der Waals surface area (Å²) in [5, 5.41) is 5.66. The number of carbonyl (C=O) groups is 3. The molecule has 2 N–H and O–H groups in total. The summed E-state index contributed by atoms with van der Waals surface area (Å²) in [5.74, 6) is -1.40. The number of hydrogen-bond donors (Lipinski definition) is 2. The highest BCUT2D eigenvalue weighted by molar-refractivity contribution is 5.82. The molecule has 0 spiro atoms. The monoisotopic (exact) mass is 580 g/mol. The highest BCUT2D eigenvalue weighted by Crippen LogP contribution is 2.34. The minimum atomic E-state index is -0.824. The fourth-order valence-corrected chi connectivity index (χ4v) is 4.70. The summed E-state index contributed by atoms with van der Waals surface area (Å²) in [6.45, 7) is 11.0. The van der Waals surface area contributed by atoms with Gasteiger partial charge in [0.2, 0.25) is 11.8 Å². The van der Waals surface area contributed by atoms with Gasteiger partial charge < -0.3 is 24.8 Å². The van der Waals surface area contributed by atoms with Gasteiger partial charge in [0.15, 0.2) is 5.79 Å². The first-order valence-corrected chi connectivity index (χ1v) is 16.2. The molecule has 0 bridgehead atoms. The predicted molar refractivity (Wildman–Crippen MR) is 164 cm³/mol. The number of rotatable bonds is 23. The van der Waals surface area contributed by atoms with E-state index < -0.39 is 17.3 Å². The van der Waals surface area contributed by atoms with Crippen molar-refractivity contribution in [3.63, 3.8) is 0 Å². The first-order chi connectivity index (χ1) is 19.6. The molecule has 1 saturated heterocycles. The Morgan fingerprint density at radius 1 is 0.780 bits per heavy atom. The molecule has 1 aliphatic heterocycles. The van der Waals surface area contributed by atoms with Gasteiger partial charge in [-0.05, 0) is 52.4 Å². The molecule has 1 rings (SSSR count). The molecule has 2 amide bonds.